The first-order valence-corrected chi connectivity index (χ1v) is 8.92. The number of carboxylic acids is 1. The van der Waals surface area contributed by atoms with E-state index < -0.39 is 34.7 Å². The van der Waals surface area contributed by atoms with Gasteiger partial charge < -0.3 is 19.3 Å². The highest BCUT2D eigenvalue weighted by atomic mass is 16.6. The van der Waals surface area contributed by atoms with Crippen LogP contribution in [0.4, 0.5) is 0 Å². The summed E-state index contributed by atoms with van der Waals surface area (Å²) >= 11 is 0. The topological polar surface area (TPSA) is 99.1 Å². The van der Waals surface area contributed by atoms with Crippen molar-refractivity contribution in [3.05, 3.63) is 35.4 Å². The second-order valence-corrected chi connectivity index (χ2v) is 8.65. The number of ether oxygens (including phenoxy) is 3. The number of hydrogen-bond donors (Lipinski definition) is 1. The molecule has 1 heterocycles. The third kappa shape index (κ3) is 5.12. The first-order chi connectivity index (χ1) is 12.7. The van der Waals surface area contributed by atoms with Crippen molar-refractivity contribution in [3.63, 3.8) is 0 Å². The lowest BCUT2D eigenvalue weighted by Gasteiger charge is -2.31. The fraction of sp³-hybridized carbons (Fsp3) is 0.476. The van der Waals surface area contributed by atoms with Crippen LogP contribution in [0, 0.1) is 0 Å². The molecule has 0 amide bonds. The smallest absolute Gasteiger partial charge is 0.363 e. The summed E-state index contributed by atoms with van der Waals surface area (Å²) in [6.07, 6.45) is 2.36. The maximum Gasteiger partial charge on any atom is 0.363 e. The molecular weight excluding hydrogens is 364 g/mol. The summed E-state index contributed by atoms with van der Waals surface area (Å²) < 4.78 is 16.7. The van der Waals surface area contributed by atoms with Gasteiger partial charge in [0.1, 0.15) is 17.0 Å². The van der Waals surface area contributed by atoms with E-state index in [2.05, 4.69) is 0 Å². The fourth-order valence-corrected chi connectivity index (χ4v) is 2.63. The van der Waals surface area contributed by atoms with E-state index in [1.54, 1.807) is 59.7 Å². The molecule has 0 aliphatic carbocycles. The molecule has 0 atom stereocenters. The van der Waals surface area contributed by atoms with Crippen molar-refractivity contribution < 1.29 is 33.7 Å². The highest BCUT2D eigenvalue weighted by Crippen LogP contribution is 2.39. The molecule has 0 saturated carbocycles. The number of carbonyl (C=O) groups is 3. The Labute approximate surface area is 164 Å². The van der Waals surface area contributed by atoms with Crippen LogP contribution in [0.15, 0.2) is 24.3 Å². The Kier molecular flexibility index (Phi) is 5.59. The van der Waals surface area contributed by atoms with Gasteiger partial charge in [-0.05, 0) is 65.3 Å². The summed E-state index contributed by atoms with van der Waals surface area (Å²) in [7, 11) is 0. The Balaban J connectivity index is 2.41. The van der Waals surface area contributed by atoms with E-state index in [-0.39, 0.29) is 6.42 Å². The first kappa shape index (κ1) is 21.5. The summed E-state index contributed by atoms with van der Waals surface area (Å²) in [4.78, 5) is 36.6. The van der Waals surface area contributed by atoms with Gasteiger partial charge in [-0.3, -0.25) is 0 Å². The van der Waals surface area contributed by atoms with Gasteiger partial charge in [-0.25, -0.2) is 14.4 Å². The summed E-state index contributed by atoms with van der Waals surface area (Å²) in [5, 5.41) is 8.78. The lowest BCUT2D eigenvalue weighted by atomic mass is 9.95. The minimum Gasteiger partial charge on any atom is -0.478 e. The van der Waals surface area contributed by atoms with Crippen molar-refractivity contribution in [1.29, 1.82) is 0 Å². The Morgan fingerprint density at radius 1 is 1.04 bits per heavy atom. The molecule has 152 valence electrons. The van der Waals surface area contributed by atoms with Crippen LogP contribution < -0.4 is 4.74 Å². The predicted octanol–water partition coefficient (Wildman–Crippen LogP) is 3.14. The quantitative estimate of drug-likeness (QED) is 0.479. The van der Waals surface area contributed by atoms with E-state index in [1.807, 2.05) is 0 Å². The SMILES string of the molecule is CC(C)(C)OC(=O)C1(C(=O)OC(C)(C)C)Cc2cc(/C=C/C(=O)O)ccc2O1. The van der Waals surface area contributed by atoms with Gasteiger partial charge in [-0.1, -0.05) is 6.07 Å². The van der Waals surface area contributed by atoms with Gasteiger partial charge in [-0.2, -0.15) is 0 Å². The van der Waals surface area contributed by atoms with E-state index in [9.17, 15) is 14.4 Å². The van der Waals surface area contributed by atoms with Crippen LogP contribution in [0.25, 0.3) is 6.08 Å². The van der Waals surface area contributed by atoms with Crippen LogP contribution in [0.1, 0.15) is 52.7 Å². The van der Waals surface area contributed by atoms with Gasteiger partial charge in [0, 0.05) is 18.1 Å². The zero-order valence-corrected chi connectivity index (χ0v) is 17.0. The maximum absolute atomic E-state index is 12.9. The van der Waals surface area contributed by atoms with Crippen molar-refractivity contribution in [2.45, 2.75) is 64.8 Å². The molecule has 1 aliphatic rings. The number of esters is 2. The number of aliphatic carboxylic acids is 1. The van der Waals surface area contributed by atoms with Crippen LogP contribution in [-0.4, -0.2) is 39.8 Å². The van der Waals surface area contributed by atoms with Gasteiger partial charge in [0.05, 0.1) is 0 Å². The molecule has 0 spiro atoms. The number of hydrogen-bond acceptors (Lipinski definition) is 6. The molecule has 0 fully saturated rings. The molecule has 1 N–H and O–H groups in total. The number of carboxylic acid groups (broad SMARTS) is 1. The number of benzene rings is 1. The standard InChI is InChI=1S/C21H26O7/c1-19(2,3)27-17(24)21(18(25)28-20(4,5)6)12-14-11-13(8-10-16(22)23)7-9-15(14)26-21/h7-11H,12H2,1-6H3,(H,22,23)/b10-8+. The van der Waals surface area contributed by atoms with E-state index in [4.69, 9.17) is 19.3 Å². The summed E-state index contributed by atoms with van der Waals surface area (Å²) in [6.45, 7) is 10.2. The highest BCUT2D eigenvalue weighted by molar-refractivity contribution is 6.05. The summed E-state index contributed by atoms with van der Waals surface area (Å²) in [5.74, 6) is -2.38. The lowest BCUT2D eigenvalue weighted by Crippen LogP contribution is -2.55. The Morgan fingerprint density at radius 3 is 2.04 bits per heavy atom. The third-order valence-corrected chi connectivity index (χ3v) is 3.68. The Hall–Kier alpha value is -2.83. The molecule has 2 rings (SSSR count). The molecular formula is C21H26O7. The summed E-state index contributed by atoms with van der Waals surface area (Å²) in [6, 6.07) is 4.90. The van der Waals surface area contributed by atoms with Crippen LogP contribution in [0.2, 0.25) is 0 Å². The number of fused-ring (bicyclic) bond motifs is 1. The van der Waals surface area contributed by atoms with Crippen molar-refractivity contribution in [2.75, 3.05) is 0 Å². The van der Waals surface area contributed by atoms with E-state index >= 15 is 0 Å². The van der Waals surface area contributed by atoms with Crippen molar-refractivity contribution in [1.82, 2.24) is 0 Å². The third-order valence-electron chi connectivity index (χ3n) is 3.68. The average Bonchev–Trinajstić information content (AvgIpc) is 2.89. The van der Waals surface area contributed by atoms with Gasteiger partial charge in [0.15, 0.2) is 0 Å². The van der Waals surface area contributed by atoms with Gasteiger partial charge in [0.25, 0.3) is 0 Å². The van der Waals surface area contributed by atoms with E-state index in [1.165, 1.54) is 6.08 Å². The predicted molar refractivity (Wildman–Crippen MR) is 102 cm³/mol. The molecule has 0 saturated heterocycles. The molecule has 7 nitrogen and oxygen atoms in total. The lowest BCUT2D eigenvalue weighted by molar-refractivity contribution is -0.191. The normalized spacial score (nSPS) is 15.6. The van der Waals surface area contributed by atoms with Crippen LogP contribution >= 0.6 is 0 Å². The van der Waals surface area contributed by atoms with E-state index in [0.29, 0.717) is 16.9 Å². The molecule has 0 aromatic heterocycles. The minimum absolute atomic E-state index is 0.0685. The minimum atomic E-state index is -1.95. The van der Waals surface area contributed by atoms with Gasteiger partial charge in [-0.15, -0.1) is 0 Å². The second kappa shape index (κ2) is 7.30. The van der Waals surface area contributed by atoms with Gasteiger partial charge >= 0.3 is 23.5 Å². The monoisotopic (exact) mass is 390 g/mol. The van der Waals surface area contributed by atoms with Crippen LogP contribution in [-0.2, 0) is 30.3 Å². The van der Waals surface area contributed by atoms with Crippen molar-refractivity contribution >= 4 is 24.0 Å². The zero-order chi connectivity index (χ0) is 21.3. The van der Waals surface area contributed by atoms with Crippen molar-refractivity contribution in [3.8, 4) is 5.75 Å². The summed E-state index contributed by atoms with van der Waals surface area (Å²) in [5.41, 5.74) is -2.39. The number of carbonyl (C=O) groups excluding carboxylic acids is 2. The first-order valence-electron chi connectivity index (χ1n) is 8.92. The maximum atomic E-state index is 12.9. The molecule has 28 heavy (non-hydrogen) atoms. The molecule has 0 unspecified atom stereocenters. The molecule has 0 bridgehead atoms. The molecule has 1 aliphatic heterocycles. The average molecular weight is 390 g/mol. The molecule has 1 aromatic carbocycles. The second-order valence-electron chi connectivity index (χ2n) is 8.65. The Morgan fingerprint density at radius 2 is 1.57 bits per heavy atom. The van der Waals surface area contributed by atoms with Crippen LogP contribution in [0.5, 0.6) is 5.75 Å². The largest absolute Gasteiger partial charge is 0.478 e. The Bertz CT molecular complexity index is 794. The fourth-order valence-electron chi connectivity index (χ4n) is 2.63. The van der Waals surface area contributed by atoms with Gasteiger partial charge in [0.2, 0.25) is 0 Å². The molecule has 1 aromatic rings. The van der Waals surface area contributed by atoms with Crippen LogP contribution in [0.3, 0.4) is 0 Å². The molecule has 7 heteroatoms. The number of rotatable bonds is 4. The van der Waals surface area contributed by atoms with Crippen molar-refractivity contribution in [2.24, 2.45) is 0 Å². The molecule has 0 radical (unpaired) electrons. The highest BCUT2D eigenvalue weighted by Gasteiger charge is 2.57. The van der Waals surface area contributed by atoms with E-state index in [0.717, 1.165) is 6.08 Å². The zero-order valence-electron chi connectivity index (χ0n) is 17.0.